The quantitative estimate of drug-likeness (QED) is 0.411. The summed E-state index contributed by atoms with van der Waals surface area (Å²) in [4.78, 5) is 4.73. The second-order valence-corrected chi connectivity index (χ2v) is 6.06. The van der Waals surface area contributed by atoms with E-state index >= 15 is 0 Å². The van der Waals surface area contributed by atoms with Gasteiger partial charge in [-0.1, -0.05) is 54.0 Å². The van der Waals surface area contributed by atoms with Gasteiger partial charge in [-0.3, -0.25) is 0 Å². The highest BCUT2D eigenvalue weighted by atomic mass is 79.9. The van der Waals surface area contributed by atoms with Gasteiger partial charge in [0.1, 0.15) is 5.82 Å². The molecule has 0 amide bonds. The van der Waals surface area contributed by atoms with Crippen LogP contribution in [0.5, 0.6) is 0 Å². The topological polar surface area (TPSA) is 50.9 Å². The van der Waals surface area contributed by atoms with Crippen molar-refractivity contribution in [3.63, 3.8) is 0 Å². The number of nitrogens with zero attached hydrogens (tertiary/aromatic N) is 1. The van der Waals surface area contributed by atoms with Crippen LogP contribution in [0.2, 0.25) is 0 Å². The molecule has 0 saturated heterocycles. The maximum absolute atomic E-state index is 5.63. The van der Waals surface area contributed by atoms with E-state index in [4.69, 9.17) is 10.8 Å². The summed E-state index contributed by atoms with van der Waals surface area (Å²) in [5.41, 5.74) is 4.83. The van der Waals surface area contributed by atoms with Gasteiger partial charge in [-0.25, -0.2) is 10.8 Å². The number of fused-ring (bicyclic) bond motifs is 3. The number of hydrogen-bond donors (Lipinski definition) is 2. The monoisotopic (exact) mass is 329 g/mol. The van der Waals surface area contributed by atoms with E-state index in [9.17, 15) is 0 Å². The van der Waals surface area contributed by atoms with E-state index in [1.807, 2.05) is 12.1 Å². The number of nitrogen functional groups attached to an aromatic ring is 1. The van der Waals surface area contributed by atoms with Gasteiger partial charge in [-0.2, -0.15) is 0 Å². The van der Waals surface area contributed by atoms with Crippen molar-refractivity contribution in [1.82, 2.24) is 4.98 Å². The second kappa shape index (κ2) is 5.04. The first-order chi connectivity index (χ1) is 9.61. The van der Waals surface area contributed by atoms with Crippen molar-refractivity contribution in [3.8, 4) is 0 Å². The molecule has 0 atom stereocenters. The minimum absolute atomic E-state index is 0.364. The standard InChI is InChI=1S/C16H16BrN3/c1-9(2)13-7-10-8-14(17)11-5-3-4-6-12(11)15(10)19-16(13)20-18/h3-9H,18H2,1-2H3,(H,19,20). The molecule has 3 N–H and O–H groups in total. The van der Waals surface area contributed by atoms with E-state index in [2.05, 4.69) is 59.5 Å². The summed E-state index contributed by atoms with van der Waals surface area (Å²) in [5.74, 6) is 6.75. The molecule has 3 rings (SSSR count). The van der Waals surface area contributed by atoms with Crippen LogP contribution in [-0.2, 0) is 0 Å². The van der Waals surface area contributed by atoms with Crippen molar-refractivity contribution in [2.24, 2.45) is 5.84 Å². The maximum Gasteiger partial charge on any atom is 0.144 e. The number of nitrogens with two attached hydrogens (primary N) is 1. The largest absolute Gasteiger partial charge is 0.308 e. The second-order valence-electron chi connectivity index (χ2n) is 5.20. The first-order valence-corrected chi connectivity index (χ1v) is 7.39. The zero-order valence-electron chi connectivity index (χ0n) is 11.4. The summed E-state index contributed by atoms with van der Waals surface area (Å²) in [6.45, 7) is 4.28. The van der Waals surface area contributed by atoms with Gasteiger partial charge in [0, 0.05) is 15.2 Å². The number of nitrogens with one attached hydrogen (secondary N) is 1. The predicted octanol–water partition coefficient (Wildman–Crippen LogP) is 4.56. The third kappa shape index (κ3) is 2.05. The van der Waals surface area contributed by atoms with Gasteiger partial charge < -0.3 is 5.43 Å². The summed E-state index contributed by atoms with van der Waals surface area (Å²) in [7, 11) is 0. The van der Waals surface area contributed by atoms with Crippen LogP contribution in [0.25, 0.3) is 21.7 Å². The molecule has 0 aliphatic heterocycles. The Labute approximate surface area is 126 Å². The Balaban J connectivity index is 2.46. The van der Waals surface area contributed by atoms with E-state index in [1.165, 1.54) is 0 Å². The Morgan fingerprint density at radius 2 is 1.85 bits per heavy atom. The van der Waals surface area contributed by atoms with Gasteiger partial charge >= 0.3 is 0 Å². The molecule has 3 nitrogen and oxygen atoms in total. The summed E-state index contributed by atoms with van der Waals surface area (Å²) in [5, 5.41) is 3.41. The Morgan fingerprint density at radius 3 is 2.50 bits per heavy atom. The van der Waals surface area contributed by atoms with Crippen LogP contribution in [0.1, 0.15) is 25.3 Å². The van der Waals surface area contributed by atoms with Crippen LogP contribution in [0, 0.1) is 0 Å². The lowest BCUT2D eigenvalue weighted by Crippen LogP contribution is -2.12. The van der Waals surface area contributed by atoms with Crippen LogP contribution < -0.4 is 11.3 Å². The molecule has 0 bridgehead atoms. The first kappa shape index (κ1) is 13.3. The number of halogens is 1. The molecule has 0 radical (unpaired) electrons. The minimum atomic E-state index is 0.364. The molecular formula is C16H16BrN3. The number of anilines is 1. The van der Waals surface area contributed by atoms with Crippen molar-refractivity contribution in [3.05, 3.63) is 46.4 Å². The molecule has 0 aliphatic carbocycles. The SMILES string of the molecule is CC(C)c1cc2cc(Br)c3ccccc3c2nc1NN. The average molecular weight is 330 g/mol. The van der Waals surface area contributed by atoms with E-state index in [0.717, 1.165) is 37.5 Å². The fourth-order valence-corrected chi connectivity index (χ4v) is 3.13. The van der Waals surface area contributed by atoms with Gasteiger partial charge in [-0.15, -0.1) is 0 Å². The number of pyridine rings is 1. The number of aromatic nitrogens is 1. The highest BCUT2D eigenvalue weighted by Gasteiger charge is 2.12. The van der Waals surface area contributed by atoms with Crippen molar-refractivity contribution >= 4 is 43.4 Å². The third-order valence-corrected chi connectivity index (χ3v) is 4.22. The molecule has 2 aromatic carbocycles. The highest BCUT2D eigenvalue weighted by Crippen LogP contribution is 2.34. The Kier molecular flexibility index (Phi) is 3.36. The molecule has 102 valence electrons. The maximum atomic E-state index is 5.63. The molecule has 0 fully saturated rings. The van der Waals surface area contributed by atoms with Gasteiger partial charge in [0.15, 0.2) is 0 Å². The summed E-state index contributed by atoms with van der Waals surface area (Å²) < 4.78 is 1.09. The normalized spacial score (nSPS) is 11.4. The Morgan fingerprint density at radius 1 is 1.15 bits per heavy atom. The Bertz CT molecular complexity index is 796. The first-order valence-electron chi connectivity index (χ1n) is 6.60. The zero-order chi connectivity index (χ0) is 14.3. The fraction of sp³-hybridized carbons (Fsp3) is 0.188. The molecule has 3 aromatic rings. The zero-order valence-corrected chi connectivity index (χ0v) is 13.0. The van der Waals surface area contributed by atoms with E-state index in [0.29, 0.717) is 5.92 Å². The van der Waals surface area contributed by atoms with Crippen molar-refractivity contribution in [2.75, 3.05) is 5.43 Å². The Hall–Kier alpha value is -1.65. The van der Waals surface area contributed by atoms with Crippen molar-refractivity contribution in [1.29, 1.82) is 0 Å². The fourth-order valence-electron chi connectivity index (χ4n) is 2.54. The summed E-state index contributed by atoms with van der Waals surface area (Å²) in [6, 6.07) is 12.5. The van der Waals surface area contributed by atoms with Crippen LogP contribution >= 0.6 is 15.9 Å². The van der Waals surface area contributed by atoms with Crippen molar-refractivity contribution < 1.29 is 0 Å². The van der Waals surface area contributed by atoms with Crippen LogP contribution in [-0.4, -0.2) is 4.98 Å². The summed E-state index contributed by atoms with van der Waals surface area (Å²) in [6.07, 6.45) is 0. The number of rotatable bonds is 2. The third-order valence-electron chi connectivity index (χ3n) is 3.56. The number of hydrazine groups is 1. The smallest absolute Gasteiger partial charge is 0.144 e. The van der Waals surface area contributed by atoms with Gasteiger partial charge in [0.25, 0.3) is 0 Å². The molecule has 0 aliphatic rings. The lowest BCUT2D eigenvalue weighted by Gasteiger charge is -2.14. The molecule has 4 heteroatoms. The molecule has 0 unspecified atom stereocenters. The number of hydrogen-bond acceptors (Lipinski definition) is 3. The minimum Gasteiger partial charge on any atom is -0.308 e. The van der Waals surface area contributed by atoms with E-state index in [-0.39, 0.29) is 0 Å². The molecule has 1 aromatic heterocycles. The molecule has 20 heavy (non-hydrogen) atoms. The lowest BCUT2D eigenvalue weighted by molar-refractivity contribution is 0.862. The van der Waals surface area contributed by atoms with Crippen LogP contribution in [0.15, 0.2) is 40.9 Å². The lowest BCUT2D eigenvalue weighted by atomic mass is 9.99. The molecular weight excluding hydrogens is 314 g/mol. The average Bonchev–Trinajstić information content (AvgIpc) is 2.46. The van der Waals surface area contributed by atoms with Gasteiger partial charge in [-0.05, 0) is 29.0 Å². The van der Waals surface area contributed by atoms with Crippen molar-refractivity contribution in [2.45, 2.75) is 19.8 Å². The van der Waals surface area contributed by atoms with Gasteiger partial charge in [0.2, 0.25) is 0 Å². The van der Waals surface area contributed by atoms with E-state index < -0.39 is 0 Å². The predicted molar refractivity (Wildman–Crippen MR) is 88.8 cm³/mol. The van der Waals surface area contributed by atoms with Crippen LogP contribution in [0.3, 0.4) is 0 Å². The summed E-state index contributed by atoms with van der Waals surface area (Å²) >= 11 is 3.65. The van der Waals surface area contributed by atoms with Crippen LogP contribution in [0.4, 0.5) is 5.82 Å². The van der Waals surface area contributed by atoms with Gasteiger partial charge in [0.05, 0.1) is 5.52 Å². The van der Waals surface area contributed by atoms with E-state index in [1.54, 1.807) is 0 Å². The number of benzene rings is 2. The highest BCUT2D eigenvalue weighted by molar-refractivity contribution is 9.10. The molecule has 0 saturated carbocycles. The molecule has 0 spiro atoms. The molecule has 1 heterocycles.